The molecule has 2 aromatic heterocycles. The molecule has 6 nitrogen and oxygen atoms in total. The van der Waals surface area contributed by atoms with Gasteiger partial charge < -0.3 is 9.80 Å². The summed E-state index contributed by atoms with van der Waals surface area (Å²) in [5, 5.41) is 1.58. The van der Waals surface area contributed by atoms with E-state index in [1.165, 1.54) is 0 Å². The molecule has 1 saturated heterocycles. The van der Waals surface area contributed by atoms with Crippen LogP contribution in [0.5, 0.6) is 0 Å². The summed E-state index contributed by atoms with van der Waals surface area (Å²) < 4.78 is 0. The Morgan fingerprint density at radius 1 is 1.03 bits per heavy atom. The van der Waals surface area contributed by atoms with Gasteiger partial charge in [-0.1, -0.05) is 54.1 Å². The normalized spacial score (nSPS) is 21.5. The van der Waals surface area contributed by atoms with Crippen LogP contribution in [0.15, 0.2) is 89.8 Å². The van der Waals surface area contributed by atoms with Crippen LogP contribution in [0.4, 0.5) is 0 Å². The predicted molar refractivity (Wildman–Crippen MR) is 126 cm³/mol. The van der Waals surface area contributed by atoms with Crippen molar-refractivity contribution in [1.29, 1.82) is 0 Å². The number of carbonyl (C=O) groups is 2. The molecule has 6 rings (SSSR count). The van der Waals surface area contributed by atoms with Gasteiger partial charge in [-0.15, -0.1) is 0 Å². The highest BCUT2D eigenvalue weighted by Crippen LogP contribution is 2.50. The highest BCUT2D eigenvalue weighted by atomic mass is 35.5. The standard InChI is InChI=1S/C26H19ClN4O2/c27-19-6-3-5-18(9-10-19)26-21-16-28-13-12-20(21)24(32)30(26)14-15-31(26)25(33)23-11-8-17-4-1-2-7-22(17)29-23/h1-2,4-13,16H,3,14-15H2. The molecule has 2 aliphatic heterocycles. The molecule has 7 heteroatoms. The maximum atomic E-state index is 14.0. The van der Waals surface area contributed by atoms with E-state index in [1.807, 2.05) is 48.6 Å². The van der Waals surface area contributed by atoms with Crippen molar-refractivity contribution in [2.24, 2.45) is 0 Å². The third kappa shape index (κ3) is 2.80. The molecule has 3 aliphatic rings. The number of para-hydroxylation sites is 1. The number of benzene rings is 1. The lowest BCUT2D eigenvalue weighted by atomic mass is 9.89. The van der Waals surface area contributed by atoms with Gasteiger partial charge in [0.25, 0.3) is 11.8 Å². The summed E-state index contributed by atoms with van der Waals surface area (Å²) in [5.74, 6) is -0.336. The van der Waals surface area contributed by atoms with Gasteiger partial charge in [0.1, 0.15) is 5.69 Å². The van der Waals surface area contributed by atoms with Crippen LogP contribution in [0.2, 0.25) is 0 Å². The Bertz CT molecular complexity index is 1430. The first-order chi connectivity index (χ1) is 16.1. The van der Waals surface area contributed by atoms with Crippen LogP contribution in [0.1, 0.15) is 32.8 Å². The van der Waals surface area contributed by atoms with E-state index in [0.29, 0.717) is 41.4 Å². The fourth-order valence-electron chi connectivity index (χ4n) is 5.11. The second-order valence-corrected chi connectivity index (χ2v) is 8.65. The molecule has 0 spiro atoms. The van der Waals surface area contributed by atoms with Gasteiger partial charge >= 0.3 is 0 Å². The molecular formula is C26H19ClN4O2. The molecule has 0 N–H and O–H groups in total. The van der Waals surface area contributed by atoms with E-state index in [2.05, 4.69) is 9.97 Å². The first kappa shape index (κ1) is 19.9. The number of carbonyl (C=O) groups excluding carboxylic acids is 2. The molecule has 33 heavy (non-hydrogen) atoms. The fourth-order valence-corrected chi connectivity index (χ4v) is 5.27. The molecule has 1 fully saturated rings. The van der Waals surface area contributed by atoms with Crippen molar-refractivity contribution in [3.8, 4) is 0 Å². The zero-order valence-electron chi connectivity index (χ0n) is 17.6. The van der Waals surface area contributed by atoms with Gasteiger partial charge in [0.05, 0.1) is 11.1 Å². The number of rotatable bonds is 2. The van der Waals surface area contributed by atoms with Gasteiger partial charge in [0, 0.05) is 41.5 Å². The van der Waals surface area contributed by atoms with Crippen LogP contribution in [0, 0.1) is 0 Å². The lowest BCUT2D eigenvalue weighted by Crippen LogP contribution is -2.52. The predicted octanol–water partition coefficient (Wildman–Crippen LogP) is 4.40. The first-order valence-corrected chi connectivity index (χ1v) is 11.2. The van der Waals surface area contributed by atoms with Crippen LogP contribution in [0.3, 0.4) is 0 Å². The summed E-state index contributed by atoms with van der Waals surface area (Å²) in [6.07, 6.45) is 11.5. The zero-order chi connectivity index (χ0) is 22.6. The second kappa shape index (κ2) is 7.39. The van der Waals surface area contributed by atoms with Crippen molar-refractivity contribution in [1.82, 2.24) is 19.8 Å². The Kier molecular flexibility index (Phi) is 4.45. The molecule has 3 aromatic rings. The van der Waals surface area contributed by atoms with E-state index in [4.69, 9.17) is 11.6 Å². The summed E-state index contributed by atoms with van der Waals surface area (Å²) in [5.41, 5.74) is 2.09. The van der Waals surface area contributed by atoms with Crippen molar-refractivity contribution in [3.63, 3.8) is 0 Å². The number of hydrogen-bond donors (Lipinski definition) is 0. The lowest BCUT2D eigenvalue weighted by Gasteiger charge is -2.40. The molecule has 1 aliphatic carbocycles. The Morgan fingerprint density at radius 3 is 2.82 bits per heavy atom. The van der Waals surface area contributed by atoms with E-state index in [-0.39, 0.29) is 11.8 Å². The SMILES string of the molecule is O=C(c1ccc2ccccc2n1)N1CCN2C(=O)c3ccncc3C12C1=CCC=C(Cl)C=C1. The number of nitrogens with zero attached hydrogens (tertiary/aromatic N) is 4. The average molecular weight is 455 g/mol. The average Bonchev–Trinajstić information content (AvgIpc) is 3.26. The molecule has 2 amide bonds. The minimum atomic E-state index is -1.09. The quantitative estimate of drug-likeness (QED) is 0.575. The van der Waals surface area contributed by atoms with Crippen molar-refractivity contribution >= 4 is 34.3 Å². The minimum absolute atomic E-state index is 0.105. The number of allylic oxidation sites excluding steroid dienone is 4. The van der Waals surface area contributed by atoms with Gasteiger partial charge in [-0.2, -0.15) is 0 Å². The van der Waals surface area contributed by atoms with E-state index in [0.717, 1.165) is 16.5 Å². The third-order valence-corrected chi connectivity index (χ3v) is 6.82. The molecule has 0 saturated carbocycles. The Labute approximate surface area is 195 Å². The number of fused-ring (bicyclic) bond motifs is 4. The number of hydrogen-bond acceptors (Lipinski definition) is 4. The van der Waals surface area contributed by atoms with Gasteiger partial charge in [0.2, 0.25) is 0 Å². The molecule has 162 valence electrons. The van der Waals surface area contributed by atoms with Crippen molar-refractivity contribution in [3.05, 3.63) is 107 Å². The number of pyridine rings is 2. The van der Waals surface area contributed by atoms with Crippen molar-refractivity contribution in [2.75, 3.05) is 13.1 Å². The monoisotopic (exact) mass is 454 g/mol. The van der Waals surface area contributed by atoms with Gasteiger partial charge in [-0.3, -0.25) is 14.6 Å². The van der Waals surface area contributed by atoms with Crippen molar-refractivity contribution in [2.45, 2.75) is 12.1 Å². The summed E-state index contributed by atoms with van der Waals surface area (Å²) in [6, 6.07) is 13.1. The zero-order valence-corrected chi connectivity index (χ0v) is 18.4. The summed E-state index contributed by atoms with van der Waals surface area (Å²) in [4.78, 5) is 39.8. The fraction of sp³-hybridized carbons (Fsp3) is 0.154. The summed E-state index contributed by atoms with van der Waals surface area (Å²) in [6.45, 7) is 0.804. The highest BCUT2D eigenvalue weighted by molar-refractivity contribution is 6.31. The van der Waals surface area contributed by atoms with Crippen LogP contribution >= 0.6 is 11.6 Å². The largest absolute Gasteiger partial charge is 0.306 e. The van der Waals surface area contributed by atoms with E-state index >= 15 is 0 Å². The number of aromatic nitrogens is 2. The lowest BCUT2D eigenvalue weighted by molar-refractivity contribution is 0.0368. The van der Waals surface area contributed by atoms with Crippen LogP contribution < -0.4 is 0 Å². The molecule has 0 bridgehead atoms. The van der Waals surface area contributed by atoms with E-state index < -0.39 is 5.66 Å². The molecule has 0 radical (unpaired) electrons. The number of halogens is 1. The smallest absolute Gasteiger partial charge is 0.274 e. The molecule has 1 atom stereocenters. The molecule has 1 unspecified atom stereocenters. The Balaban J connectivity index is 1.54. The summed E-state index contributed by atoms with van der Waals surface area (Å²) in [7, 11) is 0. The van der Waals surface area contributed by atoms with Crippen LogP contribution in [-0.2, 0) is 5.66 Å². The maximum Gasteiger partial charge on any atom is 0.274 e. The first-order valence-electron chi connectivity index (χ1n) is 10.8. The van der Waals surface area contributed by atoms with E-state index in [1.54, 1.807) is 40.4 Å². The summed E-state index contributed by atoms with van der Waals surface area (Å²) >= 11 is 6.27. The van der Waals surface area contributed by atoms with Gasteiger partial charge in [0.15, 0.2) is 5.66 Å². The van der Waals surface area contributed by atoms with Gasteiger partial charge in [-0.05, 0) is 36.3 Å². The van der Waals surface area contributed by atoms with Gasteiger partial charge in [-0.25, -0.2) is 4.98 Å². The minimum Gasteiger partial charge on any atom is -0.306 e. The maximum absolute atomic E-state index is 14.0. The van der Waals surface area contributed by atoms with Crippen molar-refractivity contribution < 1.29 is 9.59 Å². The third-order valence-electron chi connectivity index (χ3n) is 6.54. The van der Waals surface area contributed by atoms with Crippen LogP contribution in [-0.4, -0.2) is 44.7 Å². The van der Waals surface area contributed by atoms with Crippen LogP contribution in [0.25, 0.3) is 10.9 Å². The number of amides is 2. The topological polar surface area (TPSA) is 66.4 Å². The van der Waals surface area contributed by atoms with E-state index in [9.17, 15) is 9.59 Å². The Morgan fingerprint density at radius 2 is 1.91 bits per heavy atom. The molecule has 1 aromatic carbocycles. The second-order valence-electron chi connectivity index (χ2n) is 8.21. The Hall–Kier alpha value is -3.77. The highest BCUT2D eigenvalue weighted by Gasteiger charge is 2.60. The molecule has 4 heterocycles. The molecular weight excluding hydrogens is 436 g/mol.